The van der Waals surface area contributed by atoms with Crippen molar-refractivity contribution in [3.8, 4) is 10.6 Å². The molecule has 1 aromatic carbocycles. The fraction of sp³-hybridized carbons (Fsp3) is 0.318. The van der Waals surface area contributed by atoms with Crippen molar-refractivity contribution in [1.29, 1.82) is 0 Å². The summed E-state index contributed by atoms with van der Waals surface area (Å²) >= 11 is 1.74. The summed E-state index contributed by atoms with van der Waals surface area (Å²) in [5.74, 6) is 1.56. The largest absolute Gasteiger partial charge is 0.382 e. The number of carbonyl (C=O) groups is 1. The molecule has 3 heterocycles. The number of aromatic nitrogens is 3. The molecular formula is C22H23N5OS. The van der Waals surface area contributed by atoms with Crippen LogP contribution in [0.5, 0.6) is 0 Å². The maximum atomic E-state index is 11.5. The van der Waals surface area contributed by atoms with Gasteiger partial charge in [0.1, 0.15) is 22.9 Å². The fourth-order valence-electron chi connectivity index (χ4n) is 4.51. The molecule has 0 radical (unpaired) electrons. The second-order valence-corrected chi connectivity index (χ2v) is 8.96. The number of nitrogens with zero attached hydrogens (tertiary/aromatic N) is 3. The summed E-state index contributed by atoms with van der Waals surface area (Å²) in [6.45, 7) is 2.13. The summed E-state index contributed by atoms with van der Waals surface area (Å²) in [5, 5.41) is 1.22. The summed E-state index contributed by atoms with van der Waals surface area (Å²) in [5.41, 5.74) is 14.8. The highest BCUT2D eigenvalue weighted by Gasteiger charge is 2.29. The second-order valence-electron chi connectivity index (χ2n) is 7.90. The quantitative estimate of drug-likeness (QED) is 0.532. The lowest BCUT2D eigenvalue weighted by Gasteiger charge is -2.25. The Hall–Kier alpha value is -2.93. The second kappa shape index (κ2) is 6.84. The van der Waals surface area contributed by atoms with Gasteiger partial charge in [-0.3, -0.25) is 9.20 Å². The van der Waals surface area contributed by atoms with Crippen LogP contribution in [0.3, 0.4) is 0 Å². The first kappa shape index (κ1) is 18.1. The average molecular weight is 406 g/mol. The van der Waals surface area contributed by atoms with Crippen LogP contribution in [0.2, 0.25) is 0 Å². The SMILES string of the molecule is Cc1cccc2cc(-c3nc([C@H]4CC[C@H](C(N)=O)CC4)n4ccnc(N)c34)sc12. The molecule has 1 aliphatic rings. The molecule has 0 atom stereocenters. The Morgan fingerprint density at radius 2 is 2.03 bits per heavy atom. The summed E-state index contributed by atoms with van der Waals surface area (Å²) in [4.78, 5) is 22.0. The van der Waals surface area contributed by atoms with E-state index in [2.05, 4.69) is 40.6 Å². The van der Waals surface area contributed by atoms with Gasteiger partial charge in [0.25, 0.3) is 0 Å². The minimum absolute atomic E-state index is 0.0192. The third-order valence-corrected chi connectivity index (χ3v) is 7.37. The van der Waals surface area contributed by atoms with E-state index >= 15 is 0 Å². The van der Waals surface area contributed by atoms with Crippen molar-refractivity contribution < 1.29 is 4.79 Å². The van der Waals surface area contributed by atoms with E-state index in [0.717, 1.165) is 47.6 Å². The number of primary amides is 1. The first-order chi connectivity index (χ1) is 14.0. The number of imidazole rings is 1. The van der Waals surface area contributed by atoms with E-state index in [1.54, 1.807) is 17.5 Å². The molecule has 5 rings (SSSR count). The Balaban J connectivity index is 1.63. The number of fused-ring (bicyclic) bond motifs is 2. The Morgan fingerprint density at radius 3 is 2.76 bits per heavy atom. The van der Waals surface area contributed by atoms with Crippen molar-refractivity contribution in [3.05, 3.63) is 48.0 Å². The van der Waals surface area contributed by atoms with Crippen LogP contribution in [0.4, 0.5) is 5.82 Å². The molecule has 7 heteroatoms. The zero-order chi connectivity index (χ0) is 20.1. The number of anilines is 1. The number of aryl methyl sites for hydroxylation is 1. The molecule has 1 aliphatic carbocycles. The third kappa shape index (κ3) is 2.97. The number of hydrogen-bond donors (Lipinski definition) is 2. The number of nitrogens with two attached hydrogens (primary N) is 2. The summed E-state index contributed by atoms with van der Waals surface area (Å²) in [7, 11) is 0. The van der Waals surface area contributed by atoms with E-state index in [9.17, 15) is 4.79 Å². The molecule has 1 saturated carbocycles. The Bertz CT molecular complexity index is 1230. The van der Waals surface area contributed by atoms with Gasteiger partial charge in [-0.25, -0.2) is 9.97 Å². The zero-order valence-electron chi connectivity index (χ0n) is 16.3. The maximum Gasteiger partial charge on any atom is 0.220 e. The fourth-order valence-corrected chi connectivity index (χ4v) is 5.63. The summed E-state index contributed by atoms with van der Waals surface area (Å²) in [6, 6.07) is 8.54. The van der Waals surface area contributed by atoms with Gasteiger partial charge in [-0.15, -0.1) is 11.3 Å². The van der Waals surface area contributed by atoms with Crippen molar-refractivity contribution in [3.63, 3.8) is 0 Å². The highest BCUT2D eigenvalue weighted by molar-refractivity contribution is 7.22. The molecule has 29 heavy (non-hydrogen) atoms. The lowest BCUT2D eigenvalue weighted by Crippen LogP contribution is -2.27. The van der Waals surface area contributed by atoms with Crippen LogP contribution in [-0.4, -0.2) is 20.3 Å². The maximum absolute atomic E-state index is 11.5. The minimum Gasteiger partial charge on any atom is -0.382 e. The molecule has 148 valence electrons. The number of carbonyl (C=O) groups excluding carboxylic acids is 1. The monoisotopic (exact) mass is 405 g/mol. The van der Waals surface area contributed by atoms with Gasteiger partial charge in [-0.05, 0) is 49.6 Å². The molecule has 3 aromatic heterocycles. The van der Waals surface area contributed by atoms with Crippen LogP contribution in [0, 0.1) is 12.8 Å². The van der Waals surface area contributed by atoms with Crippen LogP contribution < -0.4 is 11.5 Å². The average Bonchev–Trinajstić information content (AvgIpc) is 3.31. The van der Waals surface area contributed by atoms with Crippen LogP contribution in [0.25, 0.3) is 26.2 Å². The standard InChI is InChI=1S/C22H23N5OS/c1-12-3-2-4-15-11-16(29-19(12)15)17-18-20(23)25-9-10-27(18)22(26-17)14-7-5-13(6-8-14)21(24)28/h2-4,9-11,13-14H,5-8H2,1H3,(H2,23,25)(H2,24,28)/t13-,14-. The highest BCUT2D eigenvalue weighted by atomic mass is 32.1. The molecule has 4 N–H and O–H groups in total. The predicted molar refractivity (Wildman–Crippen MR) is 117 cm³/mol. The third-order valence-electron chi connectivity index (χ3n) is 6.08. The molecular weight excluding hydrogens is 382 g/mol. The van der Waals surface area contributed by atoms with Gasteiger partial charge in [0, 0.05) is 28.9 Å². The van der Waals surface area contributed by atoms with E-state index < -0.39 is 0 Å². The first-order valence-electron chi connectivity index (χ1n) is 9.94. The van der Waals surface area contributed by atoms with Gasteiger partial charge in [0.05, 0.1) is 4.88 Å². The highest BCUT2D eigenvalue weighted by Crippen LogP contribution is 2.41. The number of benzene rings is 1. The van der Waals surface area contributed by atoms with E-state index in [-0.39, 0.29) is 17.7 Å². The molecule has 0 unspecified atom stereocenters. The smallest absolute Gasteiger partial charge is 0.220 e. The molecule has 4 aromatic rings. The number of hydrogen-bond acceptors (Lipinski definition) is 5. The summed E-state index contributed by atoms with van der Waals surface area (Å²) < 4.78 is 3.36. The molecule has 1 fully saturated rings. The number of rotatable bonds is 3. The van der Waals surface area contributed by atoms with Crippen molar-refractivity contribution in [1.82, 2.24) is 14.4 Å². The topological polar surface area (TPSA) is 99.3 Å². The van der Waals surface area contributed by atoms with Gasteiger partial charge in [0.2, 0.25) is 5.91 Å². The summed E-state index contributed by atoms with van der Waals surface area (Å²) in [6.07, 6.45) is 7.09. The van der Waals surface area contributed by atoms with Crippen LogP contribution in [0.1, 0.15) is 43.0 Å². The van der Waals surface area contributed by atoms with Crippen molar-refractivity contribution in [2.24, 2.45) is 11.7 Å². The molecule has 0 spiro atoms. The van der Waals surface area contributed by atoms with Crippen LogP contribution in [-0.2, 0) is 4.79 Å². The Labute approximate surface area is 172 Å². The lowest BCUT2D eigenvalue weighted by molar-refractivity contribution is -0.122. The van der Waals surface area contributed by atoms with Gasteiger partial charge < -0.3 is 11.5 Å². The Kier molecular flexibility index (Phi) is 4.28. The van der Waals surface area contributed by atoms with Gasteiger partial charge in [-0.1, -0.05) is 18.2 Å². The van der Waals surface area contributed by atoms with E-state index in [4.69, 9.17) is 16.5 Å². The first-order valence-corrected chi connectivity index (χ1v) is 10.8. The molecule has 0 aliphatic heterocycles. The molecule has 1 amide bonds. The Morgan fingerprint density at radius 1 is 1.24 bits per heavy atom. The lowest BCUT2D eigenvalue weighted by atomic mass is 9.81. The van der Waals surface area contributed by atoms with Crippen molar-refractivity contribution in [2.45, 2.75) is 38.5 Å². The van der Waals surface area contributed by atoms with Gasteiger partial charge in [0.15, 0.2) is 0 Å². The van der Waals surface area contributed by atoms with Gasteiger partial charge >= 0.3 is 0 Å². The minimum atomic E-state index is -0.189. The zero-order valence-corrected chi connectivity index (χ0v) is 17.1. The molecule has 0 bridgehead atoms. The van der Waals surface area contributed by atoms with Crippen molar-refractivity contribution in [2.75, 3.05) is 5.73 Å². The number of nitrogen functional groups attached to an aromatic ring is 1. The van der Waals surface area contributed by atoms with E-state index in [0.29, 0.717) is 5.82 Å². The van der Waals surface area contributed by atoms with Crippen molar-refractivity contribution >= 4 is 38.7 Å². The number of thiophene rings is 1. The predicted octanol–water partition coefficient (Wildman–Crippen LogP) is 4.26. The van der Waals surface area contributed by atoms with Crippen LogP contribution >= 0.6 is 11.3 Å². The molecule has 6 nitrogen and oxygen atoms in total. The van der Waals surface area contributed by atoms with Crippen LogP contribution in [0.15, 0.2) is 36.7 Å². The normalized spacial score (nSPS) is 19.8. The number of amides is 1. The van der Waals surface area contributed by atoms with E-state index in [1.165, 1.54) is 15.6 Å². The van der Waals surface area contributed by atoms with Gasteiger partial charge in [-0.2, -0.15) is 0 Å². The molecule has 0 saturated heterocycles. The van der Waals surface area contributed by atoms with E-state index in [1.807, 2.05) is 6.20 Å².